The summed E-state index contributed by atoms with van der Waals surface area (Å²) in [7, 11) is 0. The lowest BCUT2D eigenvalue weighted by Crippen LogP contribution is -2.19. The molecule has 0 aliphatic heterocycles. The Labute approximate surface area is 167 Å². The Hall–Kier alpha value is -3.93. The molecule has 0 aliphatic rings. The largest absolute Gasteiger partial charge is 0.418 e. The van der Waals surface area contributed by atoms with E-state index in [0.717, 1.165) is 11.3 Å². The Morgan fingerprint density at radius 2 is 1.66 bits per heavy atom. The van der Waals surface area contributed by atoms with E-state index >= 15 is 0 Å². The molecule has 0 fully saturated rings. The summed E-state index contributed by atoms with van der Waals surface area (Å²) in [5.41, 5.74) is 2.31. The van der Waals surface area contributed by atoms with Crippen LogP contribution in [0.1, 0.15) is 11.3 Å². The number of para-hydroxylation sites is 1. The number of ether oxygens (including phenoxy) is 1. The fraction of sp³-hybridized carbons (Fsp3) is 0.0435. The minimum atomic E-state index is -0.653. The summed E-state index contributed by atoms with van der Waals surface area (Å²) in [4.78, 5) is 12.4. The molecule has 0 saturated carbocycles. The van der Waals surface area contributed by atoms with Crippen molar-refractivity contribution in [3.8, 4) is 11.4 Å². The highest BCUT2D eigenvalue weighted by atomic mass is 19.1. The summed E-state index contributed by atoms with van der Waals surface area (Å²) < 4.78 is 20.5. The zero-order valence-corrected chi connectivity index (χ0v) is 15.5. The number of hydrogen-bond donors (Lipinski definition) is 1. The number of benzene rings is 3. The van der Waals surface area contributed by atoms with Gasteiger partial charge in [0.05, 0.1) is 11.4 Å². The van der Waals surface area contributed by atoms with Crippen molar-refractivity contribution in [3.05, 3.63) is 108 Å². The van der Waals surface area contributed by atoms with Crippen LogP contribution in [0.25, 0.3) is 5.69 Å². The summed E-state index contributed by atoms with van der Waals surface area (Å²) in [5.74, 6) is 0.425. The van der Waals surface area contributed by atoms with Gasteiger partial charge < -0.3 is 4.74 Å². The quantitative estimate of drug-likeness (QED) is 0.511. The number of rotatable bonds is 5. The van der Waals surface area contributed by atoms with E-state index in [4.69, 9.17) is 4.74 Å². The van der Waals surface area contributed by atoms with Gasteiger partial charge in [-0.1, -0.05) is 54.6 Å². The SMILES string of the molecule is O=C(Nc1cc(Cc2ccccc2)nn1-c1cccc(F)c1)Oc1ccccc1. The maximum atomic E-state index is 13.7. The molecule has 0 spiro atoms. The van der Waals surface area contributed by atoms with Crippen LogP contribution in [0.15, 0.2) is 91.0 Å². The van der Waals surface area contributed by atoms with E-state index in [1.54, 1.807) is 42.5 Å². The molecule has 0 bridgehead atoms. The maximum Gasteiger partial charge on any atom is 0.418 e. The molecule has 0 unspecified atom stereocenters. The Bertz CT molecular complexity index is 1110. The van der Waals surface area contributed by atoms with Crippen LogP contribution < -0.4 is 10.1 Å². The second-order valence-corrected chi connectivity index (χ2v) is 6.40. The fourth-order valence-electron chi connectivity index (χ4n) is 2.94. The number of carbonyl (C=O) groups excluding carboxylic acids is 1. The summed E-state index contributed by atoms with van der Waals surface area (Å²) in [6.07, 6.45) is -0.0778. The van der Waals surface area contributed by atoms with Crippen LogP contribution in [0.5, 0.6) is 5.75 Å². The standard InChI is InChI=1S/C23H18FN3O2/c24-18-10-7-11-20(15-18)27-22(25-23(28)29-21-12-5-2-6-13-21)16-19(26-27)14-17-8-3-1-4-9-17/h1-13,15-16H,14H2,(H,25,28). The van der Waals surface area contributed by atoms with Gasteiger partial charge in [0, 0.05) is 12.5 Å². The summed E-state index contributed by atoms with van der Waals surface area (Å²) >= 11 is 0. The van der Waals surface area contributed by atoms with Gasteiger partial charge in [0.2, 0.25) is 0 Å². The summed E-state index contributed by atoms with van der Waals surface area (Å²) in [5, 5.41) is 7.26. The number of hydrogen-bond acceptors (Lipinski definition) is 3. The minimum absolute atomic E-state index is 0.388. The third kappa shape index (κ3) is 4.68. The van der Waals surface area contributed by atoms with Gasteiger partial charge in [0.15, 0.2) is 0 Å². The monoisotopic (exact) mass is 387 g/mol. The molecule has 29 heavy (non-hydrogen) atoms. The first-order valence-electron chi connectivity index (χ1n) is 9.10. The molecule has 6 heteroatoms. The molecule has 0 atom stereocenters. The number of nitrogens with zero attached hydrogens (tertiary/aromatic N) is 2. The molecule has 1 heterocycles. The van der Waals surface area contributed by atoms with Gasteiger partial charge in [-0.3, -0.25) is 5.32 Å². The predicted octanol–water partition coefficient (Wildman–Crippen LogP) is 5.21. The smallest absolute Gasteiger partial charge is 0.410 e. The van der Waals surface area contributed by atoms with Crippen LogP contribution in [0.4, 0.5) is 15.0 Å². The van der Waals surface area contributed by atoms with E-state index in [9.17, 15) is 9.18 Å². The van der Waals surface area contributed by atoms with Gasteiger partial charge in [0.25, 0.3) is 0 Å². The predicted molar refractivity (Wildman–Crippen MR) is 109 cm³/mol. The summed E-state index contributed by atoms with van der Waals surface area (Å²) in [6, 6.07) is 26.4. The number of amides is 1. The van der Waals surface area contributed by atoms with E-state index in [2.05, 4.69) is 10.4 Å². The van der Waals surface area contributed by atoms with Gasteiger partial charge in [-0.05, 0) is 35.9 Å². The lowest BCUT2D eigenvalue weighted by Gasteiger charge is -2.09. The van der Waals surface area contributed by atoms with Crippen LogP contribution in [0, 0.1) is 5.82 Å². The Morgan fingerprint density at radius 3 is 2.38 bits per heavy atom. The first kappa shape index (κ1) is 18.4. The Kier molecular flexibility index (Phi) is 5.33. The van der Waals surface area contributed by atoms with Crippen molar-refractivity contribution >= 4 is 11.9 Å². The zero-order chi connectivity index (χ0) is 20.1. The molecule has 1 N–H and O–H groups in total. The zero-order valence-electron chi connectivity index (χ0n) is 15.5. The second-order valence-electron chi connectivity index (χ2n) is 6.40. The highest BCUT2D eigenvalue weighted by molar-refractivity contribution is 5.85. The van der Waals surface area contributed by atoms with Crippen LogP contribution >= 0.6 is 0 Å². The topological polar surface area (TPSA) is 56.2 Å². The minimum Gasteiger partial charge on any atom is -0.410 e. The van der Waals surface area contributed by atoms with E-state index in [1.807, 2.05) is 36.4 Å². The molecular weight excluding hydrogens is 369 g/mol. The third-order valence-electron chi connectivity index (χ3n) is 4.22. The average Bonchev–Trinajstić information content (AvgIpc) is 3.11. The lowest BCUT2D eigenvalue weighted by molar-refractivity contribution is 0.215. The number of carbonyl (C=O) groups is 1. The first-order valence-corrected chi connectivity index (χ1v) is 9.10. The maximum absolute atomic E-state index is 13.7. The molecular formula is C23H18FN3O2. The first-order chi connectivity index (χ1) is 14.2. The van der Waals surface area contributed by atoms with E-state index in [-0.39, 0.29) is 5.82 Å². The van der Waals surface area contributed by atoms with Crippen molar-refractivity contribution in [2.24, 2.45) is 0 Å². The van der Waals surface area contributed by atoms with Crippen molar-refractivity contribution in [2.45, 2.75) is 6.42 Å². The highest BCUT2D eigenvalue weighted by Crippen LogP contribution is 2.21. The normalized spacial score (nSPS) is 10.5. The Balaban J connectivity index is 1.62. The average molecular weight is 387 g/mol. The van der Waals surface area contributed by atoms with E-state index in [0.29, 0.717) is 23.7 Å². The van der Waals surface area contributed by atoms with Gasteiger partial charge in [-0.2, -0.15) is 5.10 Å². The molecule has 5 nitrogen and oxygen atoms in total. The molecule has 1 amide bonds. The van der Waals surface area contributed by atoms with Crippen molar-refractivity contribution < 1.29 is 13.9 Å². The van der Waals surface area contributed by atoms with Gasteiger partial charge >= 0.3 is 6.09 Å². The molecule has 0 radical (unpaired) electrons. The van der Waals surface area contributed by atoms with Gasteiger partial charge in [-0.15, -0.1) is 0 Å². The van der Waals surface area contributed by atoms with Crippen molar-refractivity contribution in [2.75, 3.05) is 5.32 Å². The van der Waals surface area contributed by atoms with Crippen molar-refractivity contribution in [1.29, 1.82) is 0 Å². The molecule has 4 aromatic rings. The molecule has 4 rings (SSSR count). The van der Waals surface area contributed by atoms with Crippen LogP contribution in [0.2, 0.25) is 0 Å². The third-order valence-corrected chi connectivity index (χ3v) is 4.22. The highest BCUT2D eigenvalue weighted by Gasteiger charge is 2.14. The number of nitrogens with one attached hydrogen (secondary N) is 1. The van der Waals surface area contributed by atoms with Crippen molar-refractivity contribution in [1.82, 2.24) is 9.78 Å². The lowest BCUT2D eigenvalue weighted by atomic mass is 10.1. The van der Waals surface area contributed by atoms with Crippen LogP contribution in [-0.4, -0.2) is 15.9 Å². The second kappa shape index (κ2) is 8.39. The molecule has 0 saturated heterocycles. The van der Waals surface area contributed by atoms with E-state index in [1.165, 1.54) is 16.8 Å². The van der Waals surface area contributed by atoms with Gasteiger partial charge in [0.1, 0.15) is 17.4 Å². The molecule has 1 aromatic heterocycles. The summed E-state index contributed by atoms with van der Waals surface area (Å²) in [6.45, 7) is 0. The van der Waals surface area contributed by atoms with Crippen molar-refractivity contribution in [3.63, 3.8) is 0 Å². The van der Waals surface area contributed by atoms with Gasteiger partial charge in [-0.25, -0.2) is 13.9 Å². The molecule has 144 valence electrons. The number of halogens is 1. The fourth-order valence-corrected chi connectivity index (χ4v) is 2.94. The van der Waals surface area contributed by atoms with Crippen LogP contribution in [0.3, 0.4) is 0 Å². The number of anilines is 1. The van der Waals surface area contributed by atoms with Crippen LogP contribution in [-0.2, 0) is 6.42 Å². The molecule has 0 aliphatic carbocycles. The van der Waals surface area contributed by atoms with E-state index < -0.39 is 6.09 Å². The number of aromatic nitrogens is 2. The molecule has 3 aromatic carbocycles. The Morgan fingerprint density at radius 1 is 0.931 bits per heavy atom.